The first-order valence-corrected chi connectivity index (χ1v) is 5.15. The van der Waals surface area contributed by atoms with E-state index in [0.717, 1.165) is 0 Å². The Hall–Kier alpha value is -0.930. The van der Waals surface area contributed by atoms with E-state index in [1.165, 1.54) is 0 Å². The van der Waals surface area contributed by atoms with E-state index in [9.17, 15) is 4.79 Å². The van der Waals surface area contributed by atoms with Crippen LogP contribution in [0.3, 0.4) is 0 Å². The molecule has 3 nitrogen and oxygen atoms in total. The third kappa shape index (κ3) is 3.98. The molecule has 0 aliphatic heterocycles. The lowest BCUT2D eigenvalue weighted by Crippen LogP contribution is -2.02. The average molecular weight is 249 g/mol. The van der Waals surface area contributed by atoms with E-state index < -0.39 is 5.97 Å². The predicted molar refractivity (Wildman–Crippen MR) is 58.8 cm³/mol. The van der Waals surface area contributed by atoms with Crippen LogP contribution in [0.4, 0.5) is 0 Å². The highest BCUT2D eigenvalue weighted by Gasteiger charge is 2.05. The normalized spacial score (nSPS) is 10.0. The summed E-state index contributed by atoms with van der Waals surface area (Å²) in [5.74, 6) is -0.356. The Kier molecular flexibility index (Phi) is 4.72. The van der Waals surface area contributed by atoms with Gasteiger partial charge in [-0.3, -0.25) is 4.79 Å². The second kappa shape index (κ2) is 5.83. The number of benzene rings is 1. The van der Waals surface area contributed by atoms with E-state index in [1.54, 1.807) is 18.2 Å². The first-order chi connectivity index (χ1) is 7.11. The van der Waals surface area contributed by atoms with Crippen molar-refractivity contribution >= 4 is 29.2 Å². The number of carbonyl (C=O) groups is 1. The highest BCUT2D eigenvalue weighted by atomic mass is 35.5. The molecular formula is C10H10Cl2O3. The predicted octanol–water partition coefficient (Wildman–Crippen LogP) is 3.24. The second-order valence-electron chi connectivity index (χ2n) is 2.90. The van der Waals surface area contributed by atoms with Gasteiger partial charge in [0.1, 0.15) is 10.8 Å². The Bertz CT molecular complexity index is 353. The van der Waals surface area contributed by atoms with Crippen LogP contribution in [0.5, 0.6) is 5.75 Å². The van der Waals surface area contributed by atoms with Crippen LogP contribution < -0.4 is 4.74 Å². The van der Waals surface area contributed by atoms with Gasteiger partial charge >= 0.3 is 5.97 Å². The number of hydrogen-bond donors (Lipinski definition) is 1. The third-order valence-electron chi connectivity index (χ3n) is 1.71. The Morgan fingerprint density at radius 1 is 1.40 bits per heavy atom. The molecule has 0 spiro atoms. The van der Waals surface area contributed by atoms with Gasteiger partial charge in [-0.2, -0.15) is 0 Å². The number of rotatable bonds is 5. The molecule has 0 saturated carbocycles. The third-order valence-corrected chi connectivity index (χ3v) is 2.51. The number of hydrogen-bond acceptors (Lipinski definition) is 2. The van der Waals surface area contributed by atoms with E-state index in [4.69, 9.17) is 33.0 Å². The van der Waals surface area contributed by atoms with Crippen molar-refractivity contribution in [2.24, 2.45) is 0 Å². The van der Waals surface area contributed by atoms with Gasteiger partial charge in [0.15, 0.2) is 0 Å². The number of carboxylic acids is 1. The summed E-state index contributed by atoms with van der Waals surface area (Å²) in [6, 6.07) is 5.07. The van der Waals surface area contributed by atoms with Crippen molar-refractivity contribution in [3.8, 4) is 5.75 Å². The van der Waals surface area contributed by atoms with Crippen LogP contribution in [-0.2, 0) is 4.79 Å². The van der Waals surface area contributed by atoms with Crippen LogP contribution in [0.2, 0.25) is 10.0 Å². The number of carboxylic acid groups (broad SMARTS) is 1. The summed E-state index contributed by atoms with van der Waals surface area (Å²) in [5.41, 5.74) is 0. The standard InChI is InChI=1S/C10H10Cl2O3/c11-7-3-1-4-8(10(7)12)15-6-2-5-9(13)14/h1,3-4H,2,5-6H2,(H,13,14). The largest absolute Gasteiger partial charge is 0.492 e. The minimum absolute atomic E-state index is 0.0815. The summed E-state index contributed by atoms with van der Waals surface area (Å²) in [6.45, 7) is 0.312. The van der Waals surface area contributed by atoms with Gasteiger partial charge in [0.05, 0.1) is 11.6 Å². The van der Waals surface area contributed by atoms with Crippen molar-refractivity contribution in [2.45, 2.75) is 12.8 Å². The van der Waals surface area contributed by atoms with Gasteiger partial charge in [-0.15, -0.1) is 0 Å². The molecule has 0 atom stereocenters. The van der Waals surface area contributed by atoms with Crippen LogP contribution in [0, 0.1) is 0 Å². The lowest BCUT2D eigenvalue weighted by Gasteiger charge is -2.07. The highest BCUT2D eigenvalue weighted by molar-refractivity contribution is 6.42. The van der Waals surface area contributed by atoms with Gasteiger partial charge in [0.25, 0.3) is 0 Å². The quantitative estimate of drug-likeness (QED) is 0.815. The fraction of sp³-hybridized carbons (Fsp3) is 0.300. The molecule has 0 amide bonds. The average Bonchev–Trinajstić information content (AvgIpc) is 2.18. The fourth-order valence-electron chi connectivity index (χ4n) is 1.00. The topological polar surface area (TPSA) is 46.5 Å². The Morgan fingerprint density at radius 3 is 2.80 bits per heavy atom. The summed E-state index contributed by atoms with van der Waals surface area (Å²) in [5, 5.41) is 9.19. The summed E-state index contributed by atoms with van der Waals surface area (Å²) >= 11 is 11.6. The molecule has 5 heteroatoms. The number of ether oxygens (including phenoxy) is 1. The SMILES string of the molecule is O=C(O)CCCOc1cccc(Cl)c1Cl. The minimum Gasteiger partial charge on any atom is -0.492 e. The van der Waals surface area contributed by atoms with Gasteiger partial charge in [-0.25, -0.2) is 0 Å². The maximum atomic E-state index is 10.2. The van der Waals surface area contributed by atoms with Crippen molar-refractivity contribution in [1.82, 2.24) is 0 Å². The molecule has 15 heavy (non-hydrogen) atoms. The number of halogens is 2. The van der Waals surface area contributed by atoms with Gasteiger partial charge in [0, 0.05) is 6.42 Å². The van der Waals surface area contributed by atoms with Crippen molar-refractivity contribution in [2.75, 3.05) is 6.61 Å². The molecule has 0 unspecified atom stereocenters. The molecule has 82 valence electrons. The van der Waals surface area contributed by atoms with E-state index >= 15 is 0 Å². The van der Waals surface area contributed by atoms with Gasteiger partial charge in [-0.1, -0.05) is 29.3 Å². The van der Waals surface area contributed by atoms with E-state index in [1.807, 2.05) is 0 Å². The first kappa shape index (κ1) is 12.1. The number of aliphatic carboxylic acids is 1. The maximum Gasteiger partial charge on any atom is 0.303 e. The van der Waals surface area contributed by atoms with E-state index in [2.05, 4.69) is 0 Å². The van der Waals surface area contributed by atoms with Crippen LogP contribution >= 0.6 is 23.2 Å². The molecule has 0 radical (unpaired) electrons. The monoisotopic (exact) mass is 248 g/mol. The minimum atomic E-state index is -0.837. The maximum absolute atomic E-state index is 10.2. The molecule has 0 saturated heterocycles. The zero-order valence-corrected chi connectivity index (χ0v) is 9.38. The highest BCUT2D eigenvalue weighted by Crippen LogP contribution is 2.31. The Morgan fingerprint density at radius 2 is 2.13 bits per heavy atom. The van der Waals surface area contributed by atoms with Crippen molar-refractivity contribution in [1.29, 1.82) is 0 Å². The van der Waals surface area contributed by atoms with Crippen LogP contribution in [0.15, 0.2) is 18.2 Å². The molecule has 0 aromatic heterocycles. The molecule has 0 heterocycles. The molecule has 0 bridgehead atoms. The van der Waals surface area contributed by atoms with E-state index in [0.29, 0.717) is 28.8 Å². The van der Waals surface area contributed by atoms with Gasteiger partial charge in [0.2, 0.25) is 0 Å². The molecule has 1 rings (SSSR count). The molecule has 0 aliphatic carbocycles. The van der Waals surface area contributed by atoms with E-state index in [-0.39, 0.29) is 6.42 Å². The smallest absolute Gasteiger partial charge is 0.303 e. The fourth-order valence-corrected chi connectivity index (χ4v) is 1.35. The van der Waals surface area contributed by atoms with Gasteiger partial charge < -0.3 is 9.84 Å². The summed E-state index contributed by atoms with van der Waals surface area (Å²) in [7, 11) is 0. The molecule has 1 N–H and O–H groups in total. The lowest BCUT2D eigenvalue weighted by atomic mass is 10.3. The Balaban J connectivity index is 2.44. The van der Waals surface area contributed by atoms with Crippen LogP contribution in [-0.4, -0.2) is 17.7 Å². The van der Waals surface area contributed by atoms with Crippen molar-refractivity contribution in [3.63, 3.8) is 0 Å². The zero-order chi connectivity index (χ0) is 11.3. The molecule has 0 aliphatic rings. The van der Waals surface area contributed by atoms with Crippen molar-refractivity contribution in [3.05, 3.63) is 28.2 Å². The van der Waals surface area contributed by atoms with Crippen molar-refractivity contribution < 1.29 is 14.6 Å². The molecule has 1 aromatic carbocycles. The summed E-state index contributed by atoms with van der Waals surface area (Å²) in [4.78, 5) is 10.2. The lowest BCUT2D eigenvalue weighted by molar-refractivity contribution is -0.137. The molecule has 0 fully saturated rings. The summed E-state index contributed by atoms with van der Waals surface area (Å²) in [6.07, 6.45) is 0.524. The molecular weight excluding hydrogens is 239 g/mol. The summed E-state index contributed by atoms with van der Waals surface area (Å²) < 4.78 is 5.29. The van der Waals surface area contributed by atoms with Crippen LogP contribution in [0.1, 0.15) is 12.8 Å². The molecule has 1 aromatic rings. The zero-order valence-electron chi connectivity index (χ0n) is 7.87. The second-order valence-corrected chi connectivity index (χ2v) is 3.68. The Labute approximate surface area is 97.6 Å². The van der Waals surface area contributed by atoms with Crippen LogP contribution in [0.25, 0.3) is 0 Å². The van der Waals surface area contributed by atoms with Gasteiger partial charge in [-0.05, 0) is 18.6 Å². The first-order valence-electron chi connectivity index (χ1n) is 4.40.